The molecule has 0 aromatic heterocycles. The number of benzene rings is 6. The smallest absolute Gasteiger partial charge is 0.870 e. The van der Waals surface area contributed by atoms with E-state index in [0.29, 0.717) is 15.6 Å². The van der Waals surface area contributed by atoms with Crippen LogP contribution in [0.2, 0.25) is 10.0 Å². The van der Waals surface area contributed by atoms with E-state index < -0.39 is 5.97 Å². The monoisotopic (exact) mass is 1170 g/mol. The van der Waals surface area contributed by atoms with Gasteiger partial charge in [0.05, 0.1) is 39.3 Å². The van der Waals surface area contributed by atoms with Crippen LogP contribution >= 0.6 is 23.2 Å². The van der Waals surface area contributed by atoms with Crippen molar-refractivity contribution in [1.82, 2.24) is 0 Å². The number of carboxylic acids is 1. The van der Waals surface area contributed by atoms with E-state index >= 15 is 0 Å². The van der Waals surface area contributed by atoms with E-state index in [9.17, 15) is 19.8 Å². The van der Waals surface area contributed by atoms with E-state index in [1.54, 1.807) is 0 Å². The maximum Gasteiger partial charge on any atom is 1.00 e. The van der Waals surface area contributed by atoms with Crippen molar-refractivity contribution < 1.29 is 74.8 Å². The summed E-state index contributed by atoms with van der Waals surface area (Å²) >= 11 is 12.9. The Morgan fingerprint density at radius 3 is 1.07 bits per heavy atom. The summed E-state index contributed by atoms with van der Waals surface area (Å²) in [7, 11) is 2.57. The van der Waals surface area contributed by atoms with Gasteiger partial charge in [0.1, 0.15) is 0 Å². The molecule has 5 N–H and O–H groups in total. The van der Waals surface area contributed by atoms with Crippen molar-refractivity contribution in [2.24, 2.45) is 10.8 Å². The molecule has 0 spiro atoms. The van der Waals surface area contributed by atoms with E-state index in [4.69, 9.17) is 38.3 Å². The summed E-state index contributed by atoms with van der Waals surface area (Å²) in [6.07, 6.45) is 6.69. The predicted octanol–water partition coefficient (Wildman–Crippen LogP) is 14.4. The van der Waals surface area contributed by atoms with Crippen molar-refractivity contribution in [3.63, 3.8) is 0 Å². The SMILES string of the molecule is CCC(CC)(c1ccc(CCC(O)C(C)(C)C)c(C)c1)c1ccc(-c2ccc(CC(=O)O)c(Cl)c2)c(C)c1.CCC(CC)(c1ccc(CCC(O)C(C)(C)C)c(C)c1)c1ccc(-c2ccc(CC(=O)OC)c(Cl)c2)c(C)c1.COO.[Na+].[OH-]. The van der Waals surface area contributed by atoms with Gasteiger partial charge in [-0.2, -0.15) is 0 Å². The first kappa shape index (κ1) is 73.7. The Labute approximate surface area is 523 Å². The number of carbonyl (C=O) groups is 2. The normalized spacial score (nSPS) is 12.4. The van der Waals surface area contributed by atoms with Crippen LogP contribution in [0.25, 0.3) is 22.3 Å². The molecule has 6 aromatic rings. The first-order valence-corrected chi connectivity index (χ1v) is 29.2. The number of methoxy groups -OCH3 is 1. The predicted molar refractivity (Wildman–Crippen MR) is 335 cm³/mol. The summed E-state index contributed by atoms with van der Waals surface area (Å²) in [5, 5.41) is 38.3. The van der Waals surface area contributed by atoms with Gasteiger partial charge in [0.15, 0.2) is 0 Å². The standard InChI is InChI=1S/C35H45ClO3.C34H43ClO3.CH4O2.Na.H2O/c1-9-35(10-2,28-15-13-25(23(3)19-28)14-18-32(37)34(5,6)7)29-16-17-30(24(4)20-29)26-11-12-27(31(36)21-26)22-33(38)39-8;1-8-34(9-2,27-14-12-24(22(3)18-27)13-17-31(36)33(5,6)7)28-15-16-29(23(4)19-28)25-10-11-26(21-32(37)38)30(35)20-25;1-3-2;;/h11-13,15-17,19-21,32,37H,9-10,14,18,22H2,1-8H3;10-12,14-16,18-20,31,36H,8-9,13,17,21H2,1-7H3,(H,37,38);2H,1H3;;1H2/q;;;+1;/p-1. The van der Waals surface area contributed by atoms with Gasteiger partial charge < -0.3 is 25.5 Å². The van der Waals surface area contributed by atoms with Crippen LogP contribution in [0, 0.1) is 38.5 Å². The fourth-order valence-electron chi connectivity index (χ4n) is 11.1. The molecule has 82 heavy (non-hydrogen) atoms. The van der Waals surface area contributed by atoms with Crippen molar-refractivity contribution in [3.05, 3.63) is 186 Å². The molecule has 2 unspecified atom stereocenters. The van der Waals surface area contributed by atoms with Gasteiger partial charge in [0.2, 0.25) is 0 Å². The van der Waals surface area contributed by atoms with Gasteiger partial charge in [-0.05, 0) is 191 Å². The second-order valence-corrected chi connectivity index (χ2v) is 24.7. The number of hydrogen-bond donors (Lipinski definition) is 4. The molecule has 6 aromatic carbocycles. The summed E-state index contributed by atoms with van der Waals surface area (Å²) in [6.45, 7) is 30.3. The van der Waals surface area contributed by atoms with E-state index in [2.05, 4.69) is 175 Å². The minimum Gasteiger partial charge on any atom is -0.870 e. The van der Waals surface area contributed by atoms with Crippen LogP contribution < -0.4 is 29.6 Å². The molecule has 0 amide bonds. The van der Waals surface area contributed by atoms with Crippen molar-refractivity contribution in [3.8, 4) is 22.3 Å². The molecule has 0 heterocycles. The summed E-state index contributed by atoms with van der Waals surface area (Å²) in [4.78, 5) is 26.0. The minimum absolute atomic E-state index is 0. The summed E-state index contributed by atoms with van der Waals surface area (Å²) < 4.78 is 4.79. The summed E-state index contributed by atoms with van der Waals surface area (Å²) in [5.41, 5.74) is 18.1. The van der Waals surface area contributed by atoms with Crippen LogP contribution in [0.5, 0.6) is 0 Å². The largest absolute Gasteiger partial charge is 1.00 e. The Morgan fingerprint density at radius 1 is 0.500 bits per heavy atom. The van der Waals surface area contributed by atoms with Gasteiger partial charge >= 0.3 is 41.5 Å². The first-order valence-electron chi connectivity index (χ1n) is 28.4. The molecule has 2 atom stereocenters. The zero-order chi connectivity index (χ0) is 59.9. The molecule has 0 fully saturated rings. The molecular formula is C70H93Cl2NaO9. The van der Waals surface area contributed by atoms with E-state index in [1.807, 2.05) is 36.4 Å². The van der Waals surface area contributed by atoms with Gasteiger partial charge in [-0.15, -0.1) is 0 Å². The maximum absolute atomic E-state index is 11.7. The van der Waals surface area contributed by atoms with Crippen LogP contribution in [0.15, 0.2) is 109 Å². The van der Waals surface area contributed by atoms with Gasteiger partial charge in [0.25, 0.3) is 0 Å². The van der Waals surface area contributed by atoms with Crippen molar-refractivity contribution in [1.29, 1.82) is 0 Å². The zero-order valence-corrected chi connectivity index (χ0v) is 55.8. The molecule has 0 saturated heterocycles. The van der Waals surface area contributed by atoms with Crippen LogP contribution in [0.3, 0.4) is 0 Å². The number of aliphatic hydroxyl groups is 2. The Hall–Kier alpha value is -4.36. The third-order valence-corrected chi connectivity index (χ3v) is 17.5. The maximum atomic E-state index is 11.7. The third kappa shape index (κ3) is 18.8. The van der Waals surface area contributed by atoms with E-state index in [-0.39, 0.29) is 87.7 Å². The summed E-state index contributed by atoms with van der Waals surface area (Å²) in [6, 6.07) is 38.8. The van der Waals surface area contributed by atoms with Crippen molar-refractivity contribution in [2.45, 2.75) is 184 Å². The van der Waals surface area contributed by atoms with Gasteiger partial charge in [-0.3, -0.25) is 14.8 Å². The molecule has 0 radical (unpaired) electrons. The number of carbonyl (C=O) groups excluding carboxylic acids is 1. The molecule has 0 aliphatic carbocycles. The number of ether oxygens (including phenoxy) is 1. The molecule has 0 aliphatic heterocycles. The second-order valence-electron chi connectivity index (χ2n) is 23.9. The number of carboxylic acid groups (broad SMARTS) is 1. The number of aliphatic carboxylic acids is 1. The molecule has 12 heteroatoms. The fraction of sp³-hybridized carbons (Fsp3) is 0.457. The number of rotatable bonds is 20. The van der Waals surface area contributed by atoms with Crippen LogP contribution in [0.4, 0.5) is 0 Å². The van der Waals surface area contributed by atoms with E-state index in [1.165, 1.54) is 69.9 Å². The first-order chi connectivity index (χ1) is 37.6. The quantitative estimate of drug-likeness (QED) is 0.0252. The van der Waals surface area contributed by atoms with E-state index in [0.717, 1.165) is 79.2 Å². The molecule has 9 nitrogen and oxygen atoms in total. The molecule has 0 aliphatic rings. The average molecular weight is 1170 g/mol. The molecule has 6 rings (SSSR count). The van der Waals surface area contributed by atoms with Gasteiger partial charge in [-0.1, -0.05) is 190 Å². The fourth-order valence-corrected chi connectivity index (χ4v) is 11.6. The van der Waals surface area contributed by atoms with Gasteiger partial charge in [0, 0.05) is 20.9 Å². The molecular weight excluding hydrogens is 1080 g/mol. The van der Waals surface area contributed by atoms with Crippen molar-refractivity contribution >= 4 is 35.1 Å². The molecule has 0 saturated carbocycles. The van der Waals surface area contributed by atoms with Crippen LogP contribution in [-0.2, 0) is 55.7 Å². The number of hydrogen-bond acceptors (Lipinski definition) is 8. The Bertz CT molecular complexity index is 3020. The van der Waals surface area contributed by atoms with Crippen LogP contribution in [0.1, 0.15) is 175 Å². The average Bonchev–Trinajstić information content (AvgIpc) is 3.41. The van der Waals surface area contributed by atoms with Crippen molar-refractivity contribution in [2.75, 3.05) is 14.2 Å². The number of aliphatic hydroxyl groups excluding tert-OH is 2. The number of halogens is 2. The minimum atomic E-state index is -0.888. The van der Waals surface area contributed by atoms with Crippen LogP contribution in [-0.4, -0.2) is 64.4 Å². The Kier molecular flexibility index (Phi) is 29.5. The third-order valence-electron chi connectivity index (χ3n) is 16.8. The Morgan fingerprint density at radius 2 is 0.805 bits per heavy atom. The number of aryl methyl sites for hydroxylation is 6. The topological polar surface area (TPSA) is 164 Å². The van der Waals surface area contributed by atoms with Gasteiger partial charge in [-0.25, -0.2) is 4.89 Å². The molecule has 442 valence electrons. The zero-order valence-electron chi connectivity index (χ0n) is 52.2. The summed E-state index contributed by atoms with van der Waals surface area (Å²) in [5.74, 6) is -1.19. The second kappa shape index (κ2) is 32.8. The number of esters is 1. The Balaban J connectivity index is 0.000000522. The molecule has 0 bridgehead atoms.